The van der Waals surface area contributed by atoms with Gasteiger partial charge in [0.2, 0.25) is 0 Å². The first-order valence-electron chi connectivity index (χ1n) is 3.29. The molecule has 0 saturated carbocycles. The summed E-state index contributed by atoms with van der Waals surface area (Å²) in [6.45, 7) is 0. The molecular formula is C7H15NO2. The van der Waals surface area contributed by atoms with E-state index in [4.69, 9.17) is 0 Å². The van der Waals surface area contributed by atoms with Crippen molar-refractivity contribution in [2.75, 3.05) is 14.1 Å². The van der Waals surface area contributed by atoms with Crippen LogP contribution < -0.4 is 5.32 Å². The third-order valence-corrected chi connectivity index (χ3v) is 0.644. The minimum Gasteiger partial charge on any atom is -0.323 e. The summed E-state index contributed by atoms with van der Waals surface area (Å²) in [7, 11) is 3.75. The van der Waals surface area contributed by atoms with Gasteiger partial charge in [-0.25, -0.2) is 0 Å². The van der Waals surface area contributed by atoms with E-state index in [1.807, 2.05) is 14.1 Å². The molecule has 0 saturated heterocycles. The second-order valence-electron chi connectivity index (χ2n) is 1.76. The van der Waals surface area contributed by atoms with Gasteiger partial charge in [-0.1, -0.05) is 0 Å². The summed E-state index contributed by atoms with van der Waals surface area (Å²) in [6, 6.07) is 0. The molecule has 60 valence electrons. The van der Waals surface area contributed by atoms with E-state index in [2.05, 4.69) is 5.32 Å². The first-order valence-corrected chi connectivity index (χ1v) is 3.29. The van der Waals surface area contributed by atoms with E-state index >= 15 is 0 Å². The number of nitrogens with one attached hydrogen (secondary N) is 1. The zero-order chi connectivity index (χ0) is 8.24. The van der Waals surface area contributed by atoms with Gasteiger partial charge in [0.25, 0.3) is 0 Å². The average molecular weight is 145 g/mol. The lowest BCUT2D eigenvalue weighted by Gasteiger charge is -1.78. The molecule has 0 atom stereocenters. The van der Waals surface area contributed by atoms with E-state index in [1.165, 1.54) is 0 Å². The monoisotopic (exact) mass is 145 g/mol. The number of hydrogen-bond donors (Lipinski definition) is 1. The molecule has 0 unspecified atom stereocenters. The Kier molecular flexibility index (Phi) is 18.9. The second-order valence-corrected chi connectivity index (χ2v) is 1.76. The van der Waals surface area contributed by atoms with Crippen molar-refractivity contribution in [3.05, 3.63) is 0 Å². The first-order chi connectivity index (χ1) is 4.83. The Hall–Kier alpha value is -0.700. The summed E-state index contributed by atoms with van der Waals surface area (Å²) in [5.74, 6) is 0. The second kappa shape index (κ2) is 15.7. The summed E-state index contributed by atoms with van der Waals surface area (Å²) >= 11 is 0. The Morgan fingerprint density at radius 2 is 1.40 bits per heavy atom. The van der Waals surface area contributed by atoms with Gasteiger partial charge in [0.15, 0.2) is 0 Å². The van der Waals surface area contributed by atoms with Crippen molar-refractivity contribution in [3.8, 4) is 0 Å². The molecule has 0 aromatic heterocycles. The lowest BCUT2D eigenvalue weighted by Crippen LogP contribution is -1.89. The maximum atomic E-state index is 9.56. The fourth-order valence-electron chi connectivity index (χ4n) is 0.285. The SMILES string of the molecule is CNC.O=CCCCC=O. The molecule has 0 fully saturated rings. The number of unbranched alkanes of at least 4 members (excludes halogenated alkanes) is 2. The van der Waals surface area contributed by atoms with Crippen molar-refractivity contribution in [2.45, 2.75) is 19.3 Å². The van der Waals surface area contributed by atoms with Crippen LogP contribution >= 0.6 is 0 Å². The van der Waals surface area contributed by atoms with Crippen LogP contribution in [-0.4, -0.2) is 26.7 Å². The van der Waals surface area contributed by atoms with Crippen molar-refractivity contribution < 1.29 is 9.59 Å². The molecule has 0 aromatic carbocycles. The van der Waals surface area contributed by atoms with Gasteiger partial charge >= 0.3 is 0 Å². The zero-order valence-corrected chi connectivity index (χ0v) is 6.59. The van der Waals surface area contributed by atoms with E-state index in [9.17, 15) is 9.59 Å². The van der Waals surface area contributed by atoms with E-state index < -0.39 is 0 Å². The fraction of sp³-hybridized carbons (Fsp3) is 0.714. The molecule has 0 aliphatic carbocycles. The number of carbonyl (C=O) groups is 2. The molecule has 3 nitrogen and oxygen atoms in total. The molecule has 10 heavy (non-hydrogen) atoms. The number of rotatable bonds is 4. The largest absolute Gasteiger partial charge is 0.323 e. The summed E-state index contributed by atoms with van der Waals surface area (Å²) in [5, 5.41) is 2.75. The Bertz CT molecular complexity index is 66.0. The van der Waals surface area contributed by atoms with E-state index in [-0.39, 0.29) is 0 Å². The van der Waals surface area contributed by atoms with Crippen molar-refractivity contribution >= 4 is 12.6 Å². The molecule has 0 aliphatic heterocycles. The van der Waals surface area contributed by atoms with Crippen LogP contribution in [0.5, 0.6) is 0 Å². The molecule has 1 N–H and O–H groups in total. The molecule has 0 spiro atoms. The molecule has 0 radical (unpaired) electrons. The van der Waals surface area contributed by atoms with E-state index in [0.717, 1.165) is 12.6 Å². The number of aldehydes is 2. The minimum atomic E-state index is 0.513. The van der Waals surface area contributed by atoms with Crippen LogP contribution in [0.15, 0.2) is 0 Å². The normalized spacial score (nSPS) is 7.40. The fourth-order valence-corrected chi connectivity index (χ4v) is 0.285. The number of hydrogen-bond acceptors (Lipinski definition) is 3. The van der Waals surface area contributed by atoms with Gasteiger partial charge in [-0.15, -0.1) is 0 Å². The van der Waals surface area contributed by atoms with Gasteiger partial charge in [0, 0.05) is 12.8 Å². The molecule has 0 heterocycles. The Balaban J connectivity index is 0. The van der Waals surface area contributed by atoms with Gasteiger partial charge in [-0.2, -0.15) is 0 Å². The van der Waals surface area contributed by atoms with Crippen LogP contribution in [0.1, 0.15) is 19.3 Å². The highest BCUT2D eigenvalue weighted by molar-refractivity contribution is 5.52. The first kappa shape index (κ1) is 12.0. The average Bonchev–Trinajstić information content (AvgIpc) is 1.91. The van der Waals surface area contributed by atoms with Crippen molar-refractivity contribution in [2.24, 2.45) is 0 Å². The van der Waals surface area contributed by atoms with Gasteiger partial charge in [0.05, 0.1) is 0 Å². The van der Waals surface area contributed by atoms with Crippen LogP contribution in [0, 0.1) is 0 Å². The van der Waals surface area contributed by atoms with Gasteiger partial charge in [0.1, 0.15) is 12.6 Å². The third kappa shape index (κ3) is 26.6. The summed E-state index contributed by atoms with van der Waals surface area (Å²) in [5.41, 5.74) is 0. The highest BCUT2D eigenvalue weighted by Gasteiger charge is 1.80. The van der Waals surface area contributed by atoms with Gasteiger partial charge in [-0.05, 0) is 20.5 Å². The van der Waals surface area contributed by atoms with Crippen molar-refractivity contribution in [3.63, 3.8) is 0 Å². The minimum absolute atomic E-state index is 0.513. The summed E-state index contributed by atoms with van der Waals surface area (Å²) in [6.07, 6.45) is 3.37. The smallest absolute Gasteiger partial charge is 0.120 e. The third-order valence-electron chi connectivity index (χ3n) is 0.644. The number of carbonyl (C=O) groups excluding carboxylic acids is 2. The Morgan fingerprint density at radius 3 is 1.60 bits per heavy atom. The topological polar surface area (TPSA) is 46.2 Å². The highest BCUT2D eigenvalue weighted by atomic mass is 16.1. The quantitative estimate of drug-likeness (QED) is 0.460. The van der Waals surface area contributed by atoms with Gasteiger partial charge in [-0.3, -0.25) is 0 Å². The van der Waals surface area contributed by atoms with Gasteiger partial charge < -0.3 is 14.9 Å². The van der Waals surface area contributed by atoms with Crippen molar-refractivity contribution in [1.29, 1.82) is 0 Å². The highest BCUT2D eigenvalue weighted by Crippen LogP contribution is 1.85. The lowest BCUT2D eigenvalue weighted by molar-refractivity contribution is -0.108. The van der Waals surface area contributed by atoms with Crippen LogP contribution in [0.25, 0.3) is 0 Å². The van der Waals surface area contributed by atoms with Crippen LogP contribution in [0.2, 0.25) is 0 Å². The molecular weight excluding hydrogens is 130 g/mol. The molecule has 0 aliphatic rings. The Labute approximate surface area is 61.8 Å². The molecule has 0 aromatic rings. The summed E-state index contributed by atoms with van der Waals surface area (Å²) < 4.78 is 0. The molecule has 3 heteroatoms. The Morgan fingerprint density at radius 1 is 1.10 bits per heavy atom. The van der Waals surface area contributed by atoms with E-state index in [0.29, 0.717) is 19.3 Å². The summed E-state index contributed by atoms with van der Waals surface area (Å²) in [4.78, 5) is 19.1. The molecule has 0 bridgehead atoms. The standard InChI is InChI=1S/C5H8O2.C2H7N/c6-4-2-1-3-5-7;1-3-2/h4-5H,1-3H2;3H,1-2H3. The molecule has 0 rings (SSSR count). The maximum Gasteiger partial charge on any atom is 0.120 e. The van der Waals surface area contributed by atoms with Crippen LogP contribution in [0.4, 0.5) is 0 Å². The predicted octanol–water partition coefficient (Wildman–Crippen LogP) is 0.390. The van der Waals surface area contributed by atoms with Crippen molar-refractivity contribution in [1.82, 2.24) is 5.32 Å². The lowest BCUT2D eigenvalue weighted by atomic mass is 10.3. The van der Waals surface area contributed by atoms with E-state index in [1.54, 1.807) is 0 Å². The molecule has 0 amide bonds. The van der Waals surface area contributed by atoms with Crippen LogP contribution in [0.3, 0.4) is 0 Å². The maximum absolute atomic E-state index is 9.56. The zero-order valence-electron chi connectivity index (χ0n) is 6.59. The van der Waals surface area contributed by atoms with Crippen LogP contribution in [-0.2, 0) is 9.59 Å². The predicted molar refractivity (Wildman–Crippen MR) is 41.0 cm³/mol.